The summed E-state index contributed by atoms with van der Waals surface area (Å²) in [7, 11) is 1.75. The maximum atomic E-state index is 11.5. The van der Waals surface area contributed by atoms with Gasteiger partial charge < -0.3 is 25.6 Å². The highest BCUT2D eigenvalue weighted by molar-refractivity contribution is 5.79. The van der Waals surface area contributed by atoms with Crippen LogP contribution in [0.5, 0.6) is 0 Å². The van der Waals surface area contributed by atoms with Crippen LogP contribution in [0.1, 0.15) is 47.0 Å². The molecule has 0 unspecified atom stereocenters. The number of rotatable bonds is 7. The summed E-state index contributed by atoms with van der Waals surface area (Å²) in [6.07, 6.45) is 3.35. The van der Waals surface area contributed by atoms with E-state index in [4.69, 9.17) is 4.74 Å². The van der Waals surface area contributed by atoms with Crippen molar-refractivity contribution in [1.29, 1.82) is 0 Å². The van der Waals surface area contributed by atoms with E-state index in [2.05, 4.69) is 32.8 Å². The van der Waals surface area contributed by atoms with Crippen molar-refractivity contribution in [3.63, 3.8) is 0 Å². The van der Waals surface area contributed by atoms with Gasteiger partial charge in [-0.25, -0.2) is 4.79 Å². The highest BCUT2D eigenvalue weighted by Gasteiger charge is 2.16. The number of amides is 1. The third-order valence-corrected chi connectivity index (χ3v) is 4.13. The zero-order valence-corrected chi connectivity index (χ0v) is 16.7. The van der Waals surface area contributed by atoms with Crippen molar-refractivity contribution in [2.24, 2.45) is 10.9 Å². The minimum atomic E-state index is -0.471. The molecule has 0 aliphatic carbocycles. The number of likely N-dealkylation sites (tertiary alicyclic amines) is 1. The van der Waals surface area contributed by atoms with Crippen LogP contribution in [0.15, 0.2) is 4.99 Å². The Morgan fingerprint density at radius 2 is 1.72 bits per heavy atom. The molecule has 0 spiro atoms. The van der Waals surface area contributed by atoms with Crippen molar-refractivity contribution >= 4 is 12.1 Å². The molecule has 1 saturated heterocycles. The van der Waals surface area contributed by atoms with E-state index in [0.29, 0.717) is 13.1 Å². The van der Waals surface area contributed by atoms with Gasteiger partial charge in [0.15, 0.2) is 5.96 Å². The monoisotopic (exact) mass is 355 g/mol. The SMILES string of the molecule is CN=C(NCCCN1CCC(C)CC1)NCCNC(=O)OC(C)(C)C. The van der Waals surface area contributed by atoms with Crippen molar-refractivity contribution in [3.05, 3.63) is 0 Å². The van der Waals surface area contributed by atoms with E-state index < -0.39 is 11.7 Å². The molecule has 1 heterocycles. The van der Waals surface area contributed by atoms with Crippen LogP contribution in [0.25, 0.3) is 0 Å². The lowest BCUT2D eigenvalue weighted by Crippen LogP contribution is -2.43. The van der Waals surface area contributed by atoms with Gasteiger partial charge in [0.1, 0.15) is 5.60 Å². The zero-order valence-electron chi connectivity index (χ0n) is 16.7. The van der Waals surface area contributed by atoms with E-state index in [1.165, 1.54) is 25.9 Å². The molecular weight excluding hydrogens is 318 g/mol. The summed E-state index contributed by atoms with van der Waals surface area (Å²) in [4.78, 5) is 18.3. The summed E-state index contributed by atoms with van der Waals surface area (Å²) < 4.78 is 5.19. The molecule has 1 rings (SSSR count). The Kier molecular flexibility index (Phi) is 9.63. The van der Waals surface area contributed by atoms with E-state index in [1.54, 1.807) is 7.05 Å². The quantitative estimate of drug-likeness (QED) is 0.369. The number of nitrogens with one attached hydrogen (secondary N) is 3. The van der Waals surface area contributed by atoms with Crippen molar-refractivity contribution in [1.82, 2.24) is 20.9 Å². The number of aliphatic imine (C=N–C) groups is 1. The van der Waals surface area contributed by atoms with Crippen LogP contribution in [0.4, 0.5) is 4.79 Å². The first-order valence-electron chi connectivity index (χ1n) is 9.44. The van der Waals surface area contributed by atoms with E-state index in [0.717, 1.165) is 31.4 Å². The average molecular weight is 356 g/mol. The first-order valence-corrected chi connectivity index (χ1v) is 9.44. The number of hydrogen-bond donors (Lipinski definition) is 3. The lowest BCUT2D eigenvalue weighted by Gasteiger charge is -2.30. The molecule has 0 atom stereocenters. The predicted molar refractivity (Wildman–Crippen MR) is 103 cm³/mol. The maximum Gasteiger partial charge on any atom is 0.407 e. The van der Waals surface area contributed by atoms with E-state index in [1.807, 2.05) is 20.8 Å². The first kappa shape index (κ1) is 21.5. The highest BCUT2D eigenvalue weighted by Crippen LogP contribution is 2.15. The lowest BCUT2D eigenvalue weighted by atomic mass is 9.99. The van der Waals surface area contributed by atoms with Crippen molar-refractivity contribution in [3.8, 4) is 0 Å². The summed E-state index contributed by atoms with van der Waals surface area (Å²) in [5, 5.41) is 9.22. The predicted octanol–water partition coefficient (Wildman–Crippen LogP) is 1.80. The standard InChI is InChI=1S/C18H37N5O2/c1-15-7-13-23(14-8-15)12-6-9-20-16(19-5)21-10-11-22-17(24)25-18(2,3)4/h15H,6-14H2,1-5H3,(H,22,24)(H2,19,20,21). The Bertz CT molecular complexity index is 412. The molecule has 0 aromatic rings. The molecule has 0 aromatic carbocycles. The fourth-order valence-corrected chi connectivity index (χ4v) is 2.68. The smallest absolute Gasteiger partial charge is 0.407 e. The van der Waals surface area contributed by atoms with Crippen LogP contribution in [-0.4, -0.2) is 68.9 Å². The van der Waals surface area contributed by atoms with Gasteiger partial charge in [0, 0.05) is 26.7 Å². The number of guanidine groups is 1. The van der Waals surface area contributed by atoms with Gasteiger partial charge in [-0.15, -0.1) is 0 Å². The Hall–Kier alpha value is -1.50. The lowest BCUT2D eigenvalue weighted by molar-refractivity contribution is 0.0529. The summed E-state index contributed by atoms with van der Waals surface area (Å²) >= 11 is 0. The second-order valence-electron chi connectivity index (χ2n) is 7.73. The molecule has 1 fully saturated rings. The summed E-state index contributed by atoms with van der Waals surface area (Å²) in [6, 6.07) is 0. The molecule has 1 aliphatic heterocycles. The summed E-state index contributed by atoms with van der Waals surface area (Å²) in [6.45, 7) is 13.5. The topological polar surface area (TPSA) is 78.0 Å². The molecular formula is C18H37N5O2. The van der Waals surface area contributed by atoms with Gasteiger partial charge in [0.25, 0.3) is 0 Å². The molecule has 1 aliphatic rings. The molecule has 0 aromatic heterocycles. The normalized spacial score (nSPS) is 17.2. The molecule has 3 N–H and O–H groups in total. The van der Waals surface area contributed by atoms with Crippen LogP contribution < -0.4 is 16.0 Å². The van der Waals surface area contributed by atoms with Gasteiger partial charge in [0.2, 0.25) is 0 Å². The molecule has 25 heavy (non-hydrogen) atoms. The second-order valence-corrected chi connectivity index (χ2v) is 7.73. The largest absolute Gasteiger partial charge is 0.444 e. The van der Waals surface area contributed by atoms with Crippen molar-refractivity contribution in [2.45, 2.75) is 52.6 Å². The first-order chi connectivity index (χ1) is 11.8. The number of ether oxygens (including phenoxy) is 1. The molecule has 0 bridgehead atoms. The Balaban J connectivity index is 2.05. The molecule has 0 radical (unpaired) electrons. The van der Waals surface area contributed by atoms with Gasteiger partial charge in [-0.2, -0.15) is 0 Å². The van der Waals surface area contributed by atoms with Gasteiger partial charge >= 0.3 is 6.09 Å². The van der Waals surface area contributed by atoms with Gasteiger partial charge in [-0.1, -0.05) is 6.92 Å². The van der Waals surface area contributed by atoms with Gasteiger partial charge in [0.05, 0.1) is 0 Å². The fourth-order valence-electron chi connectivity index (χ4n) is 2.68. The van der Waals surface area contributed by atoms with Crippen LogP contribution in [0.3, 0.4) is 0 Å². The minimum absolute atomic E-state index is 0.395. The number of hydrogen-bond acceptors (Lipinski definition) is 4. The maximum absolute atomic E-state index is 11.5. The molecule has 0 saturated carbocycles. The Morgan fingerprint density at radius 1 is 1.12 bits per heavy atom. The third-order valence-electron chi connectivity index (χ3n) is 4.13. The van der Waals surface area contributed by atoms with Gasteiger partial charge in [-0.05, 0) is 65.6 Å². The fraction of sp³-hybridized carbons (Fsp3) is 0.889. The zero-order chi connectivity index (χ0) is 18.7. The molecule has 7 nitrogen and oxygen atoms in total. The van der Waals surface area contributed by atoms with Crippen LogP contribution in [0, 0.1) is 5.92 Å². The van der Waals surface area contributed by atoms with E-state index >= 15 is 0 Å². The number of carbonyl (C=O) groups excluding carboxylic acids is 1. The number of alkyl carbamates (subject to hydrolysis) is 1. The molecule has 1 amide bonds. The van der Waals surface area contributed by atoms with Crippen molar-refractivity contribution < 1.29 is 9.53 Å². The summed E-state index contributed by atoms with van der Waals surface area (Å²) in [5.74, 6) is 1.64. The summed E-state index contributed by atoms with van der Waals surface area (Å²) in [5.41, 5.74) is -0.471. The molecule has 146 valence electrons. The Labute approximate surface area is 153 Å². The number of carbonyl (C=O) groups is 1. The third kappa shape index (κ3) is 10.9. The minimum Gasteiger partial charge on any atom is -0.444 e. The van der Waals surface area contributed by atoms with E-state index in [-0.39, 0.29) is 0 Å². The van der Waals surface area contributed by atoms with E-state index in [9.17, 15) is 4.79 Å². The van der Waals surface area contributed by atoms with Gasteiger partial charge in [-0.3, -0.25) is 4.99 Å². The number of nitrogens with zero attached hydrogens (tertiary/aromatic N) is 2. The Morgan fingerprint density at radius 3 is 2.32 bits per heavy atom. The molecule has 7 heteroatoms. The highest BCUT2D eigenvalue weighted by atomic mass is 16.6. The average Bonchev–Trinajstić information content (AvgIpc) is 2.53. The van der Waals surface area contributed by atoms with Crippen LogP contribution in [-0.2, 0) is 4.74 Å². The van der Waals surface area contributed by atoms with Crippen molar-refractivity contribution in [2.75, 3.05) is 46.3 Å². The number of piperidine rings is 1. The van der Waals surface area contributed by atoms with Crippen LogP contribution in [0.2, 0.25) is 0 Å². The van der Waals surface area contributed by atoms with Crippen LogP contribution >= 0.6 is 0 Å². The second kappa shape index (κ2) is 11.2.